The molecular formula is C27H39N3O2. The van der Waals surface area contributed by atoms with Crippen LogP contribution in [-0.4, -0.2) is 30.3 Å². The predicted molar refractivity (Wildman–Crippen MR) is 133 cm³/mol. The van der Waals surface area contributed by atoms with E-state index in [4.69, 9.17) is 10.5 Å². The molecule has 0 aliphatic heterocycles. The Bertz CT molecular complexity index is 853. The molecule has 0 bridgehead atoms. The minimum Gasteiger partial charge on any atom is -0.444 e. The van der Waals surface area contributed by atoms with Crippen molar-refractivity contribution < 1.29 is 9.53 Å². The number of alkyl carbamates (subject to hydrolysis) is 1. The van der Waals surface area contributed by atoms with Gasteiger partial charge in [0.05, 0.1) is 0 Å². The van der Waals surface area contributed by atoms with Crippen LogP contribution in [0.15, 0.2) is 48.5 Å². The van der Waals surface area contributed by atoms with Crippen LogP contribution < -0.4 is 16.4 Å². The maximum Gasteiger partial charge on any atom is 0.407 e. The number of ether oxygens (including phenoxy) is 1. The summed E-state index contributed by atoms with van der Waals surface area (Å²) in [5, 5.41) is 6.86. The summed E-state index contributed by atoms with van der Waals surface area (Å²) in [4.78, 5) is 12.1. The molecule has 0 radical (unpaired) electrons. The van der Waals surface area contributed by atoms with Crippen molar-refractivity contribution in [3.8, 4) is 11.1 Å². The van der Waals surface area contributed by atoms with Crippen LogP contribution in [-0.2, 0) is 11.2 Å². The van der Waals surface area contributed by atoms with Crippen LogP contribution >= 0.6 is 0 Å². The first-order chi connectivity index (χ1) is 15.3. The number of unbranched alkanes of at least 4 members (excludes halogenated alkanes) is 1. The average Bonchev–Trinajstić information content (AvgIpc) is 2.75. The Morgan fingerprint density at radius 1 is 1.00 bits per heavy atom. The lowest BCUT2D eigenvalue weighted by Gasteiger charge is -2.31. The summed E-state index contributed by atoms with van der Waals surface area (Å²) in [6.45, 7) is 6.42. The first-order valence-corrected chi connectivity index (χ1v) is 12.0. The first-order valence-electron chi connectivity index (χ1n) is 12.0. The molecule has 3 rings (SSSR count). The molecule has 0 unspecified atom stereocenters. The highest BCUT2D eigenvalue weighted by Gasteiger charge is 2.25. The molecule has 1 fully saturated rings. The Kier molecular flexibility index (Phi) is 8.57. The smallest absolute Gasteiger partial charge is 0.407 e. The Morgan fingerprint density at radius 2 is 1.69 bits per heavy atom. The molecule has 174 valence electrons. The molecule has 0 spiro atoms. The average molecular weight is 438 g/mol. The number of aryl methyl sites for hydroxylation is 1. The number of nitrogens with one attached hydrogen (secondary N) is 2. The van der Waals surface area contributed by atoms with Gasteiger partial charge in [-0.1, -0.05) is 42.5 Å². The van der Waals surface area contributed by atoms with Gasteiger partial charge >= 0.3 is 6.09 Å². The number of carbonyl (C=O) groups is 1. The molecule has 1 amide bonds. The van der Waals surface area contributed by atoms with Crippen LogP contribution in [0.5, 0.6) is 0 Å². The number of hydrogen-bond donors (Lipinski definition) is 3. The molecule has 5 heteroatoms. The summed E-state index contributed by atoms with van der Waals surface area (Å²) < 4.78 is 5.41. The minimum absolute atomic E-state index is 0.180. The van der Waals surface area contributed by atoms with Crippen LogP contribution in [0.2, 0.25) is 0 Å². The maximum atomic E-state index is 12.1. The second-order valence-electron chi connectivity index (χ2n) is 9.83. The maximum absolute atomic E-state index is 12.1. The molecule has 1 saturated carbocycles. The molecular weight excluding hydrogens is 398 g/mol. The number of hydrogen-bond acceptors (Lipinski definition) is 4. The van der Waals surface area contributed by atoms with Crippen LogP contribution in [0, 0.1) is 0 Å². The topological polar surface area (TPSA) is 76.4 Å². The number of amides is 1. The quantitative estimate of drug-likeness (QED) is 0.451. The van der Waals surface area contributed by atoms with Crippen LogP contribution in [0.1, 0.15) is 64.9 Å². The SMILES string of the molecule is CC(C)(C)OC(=O)NC1CCC(Nc2cc(CCCCN)ccc2-c2ccccc2)CC1. The highest BCUT2D eigenvalue weighted by atomic mass is 16.6. The summed E-state index contributed by atoms with van der Waals surface area (Å²) in [6, 6.07) is 17.9. The van der Waals surface area contributed by atoms with E-state index in [1.165, 1.54) is 22.4 Å². The molecule has 0 atom stereocenters. The molecule has 0 heterocycles. The van der Waals surface area contributed by atoms with Crippen molar-refractivity contribution in [2.45, 2.75) is 83.4 Å². The van der Waals surface area contributed by atoms with E-state index in [2.05, 4.69) is 59.2 Å². The van der Waals surface area contributed by atoms with Gasteiger partial charge in [-0.25, -0.2) is 4.79 Å². The largest absolute Gasteiger partial charge is 0.444 e. The summed E-state index contributed by atoms with van der Waals surface area (Å²) in [5.74, 6) is 0. The summed E-state index contributed by atoms with van der Waals surface area (Å²) in [7, 11) is 0. The number of anilines is 1. The van der Waals surface area contributed by atoms with Crippen LogP contribution in [0.25, 0.3) is 11.1 Å². The normalized spacial score (nSPS) is 18.8. The lowest BCUT2D eigenvalue weighted by atomic mass is 9.90. The Morgan fingerprint density at radius 3 is 2.34 bits per heavy atom. The molecule has 32 heavy (non-hydrogen) atoms. The van der Waals surface area contributed by atoms with E-state index in [1.807, 2.05) is 20.8 Å². The van der Waals surface area contributed by atoms with Gasteiger partial charge in [0.25, 0.3) is 0 Å². The highest BCUT2D eigenvalue weighted by Crippen LogP contribution is 2.32. The second-order valence-corrected chi connectivity index (χ2v) is 9.83. The zero-order valence-electron chi connectivity index (χ0n) is 19.8. The molecule has 5 nitrogen and oxygen atoms in total. The van der Waals surface area contributed by atoms with E-state index in [0.717, 1.165) is 51.5 Å². The molecule has 0 aromatic heterocycles. The van der Waals surface area contributed by atoms with E-state index in [0.29, 0.717) is 6.04 Å². The van der Waals surface area contributed by atoms with Crippen LogP contribution in [0.4, 0.5) is 10.5 Å². The molecule has 2 aromatic carbocycles. The van der Waals surface area contributed by atoms with Crippen molar-refractivity contribution in [2.75, 3.05) is 11.9 Å². The lowest BCUT2D eigenvalue weighted by Crippen LogP contribution is -2.42. The molecule has 4 N–H and O–H groups in total. The van der Waals surface area contributed by atoms with E-state index in [1.54, 1.807) is 0 Å². The lowest BCUT2D eigenvalue weighted by molar-refractivity contribution is 0.0492. The first kappa shape index (κ1) is 24.1. The Hall–Kier alpha value is -2.53. The highest BCUT2D eigenvalue weighted by molar-refractivity contribution is 5.78. The number of carbonyl (C=O) groups excluding carboxylic acids is 1. The zero-order valence-corrected chi connectivity index (χ0v) is 19.8. The van der Waals surface area contributed by atoms with Crippen LogP contribution in [0.3, 0.4) is 0 Å². The third-order valence-electron chi connectivity index (χ3n) is 5.90. The van der Waals surface area contributed by atoms with E-state index >= 15 is 0 Å². The summed E-state index contributed by atoms with van der Waals surface area (Å²) in [6.07, 6.45) is 6.85. The van der Waals surface area contributed by atoms with Gasteiger partial charge in [-0.2, -0.15) is 0 Å². The van der Waals surface area contributed by atoms with Gasteiger partial charge in [0, 0.05) is 23.3 Å². The van der Waals surface area contributed by atoms with Gasteiger partial charge in [-0.15, -0.1) is 0 Å². The van der Waals surface area contributed by atoms with Gasteiger partial charge in [-0.3, -0.25) is 0 Å². The Labute approximate surface area is 193 Å². The summed E-state index contributed by atoms with van der Waals surface area (Å²) >= 11 is 0. The summed E-state index contributed by atoms with van der Waals surface area (Å²) in [5.41, 5.74) is 10.2. The third-order valence-corrected chi connectivity index (χ3v) is 5.90. The number of benzene rings is 2. The van der Waals surface area contributed by atoms with Crippen molar-refractivity contribution in [1.82, 2.24) is 5.32 Å². The van der Waals surface area contributed by atoms with Gasteiger partial charge in [-0.05, 0) is 89.5 Å². The third kappa shape index (κ3) is 7.56. The Balaban J connectivity index is 1.64. The monoisotopic (exact) mass is 437 g/mol. The fraction of sp³-hybridized carbons (Fsp3) is 0.519. The number of nitrogens with two attached hydrogens (primary N) is 1. The van der Waals surface area contributed by atoms with Gasteiger partial charge in [0.15, 0.2) is 0 Å². The van der Waals surface area contributed by atoms with Gasteiger partial charge in [0.2, 0.25) is 0 Å². The molecule has 0 saturated heterocycles. The fourth-order valence-electron chi connectivity index (χ4n) is 4.29. The number of rotatable bonds is 8. The molecule has 1 aliphatic carbocycles. The molecule has 2 aromatic rings. The van der Waals surface area contributed by atoms with E-state index in [-0.39, 0.29) is 12.1 Å². The predicted octanol–water partition coefficient (Wildman–Crippen LogP) is 5.88. The zero-order chi connectivity index (χ0) is 23.0. The van der Waals surface area contributed by atoms with Crippen molar-refractivity contribution in [2.24, 2.45) is 5.73 Å². The standard InChI is InChI=1S/C27H39N3O2/c1-27(2,3)32-26(31)30-23-15-13-22(14-16-23)29-25-19-20(9-7-8-18-28)12-17-24(25)21-10-5-4-6-11-21/h4-6,10-12,17,19,22-23,29H,7-9,13-16,18,28H2,1-3H3,(H,30,31). The fourth-order valence-corrected chi connectivity index (χ4v) is 4.29. The van der Waals surface area contributed by atoms with E-state index in [9.17, 15) is 4.79 Å². The second kappa shape index (κ2) is 11.4. The van der Waals surface area contributed by atoms with E-state index < -0.39 is 5.60 Å². The van der Waals surface area contributed by atoms with Crippen molar-refractivity contribution in [3.63, 3.8) is 0 Å². The van der Waals surface area contributed by atoms with Gasteiger partial charge < -0.3 is 21.1 Å². The van der Waals surface area contributed by atoms with Crippen molar-refractivity contribution in [1.29, 1.82) is 0 Å². The minimum atomic E-state index is -0.466. The van der Waals surface area contributed by atoms with Crippen molar-refractivity contribution in [3.05, 3.63) is 54.1 Å². The van der Waals surface area contributed by atoms with Gasteiger partial charge in [0.1, 0.15) is 5.60 Å². The molecule has 1 aliphatic rings. The van der Waals surface area contributed by atoms with Crippen molar-refractivity contribution >= 4 is 11.8 Å².